The van der Waals surface area contributed by atoms with Gasteiger partial charge in [-0.05, 0) is 6.92 Å². The van der Waals surface area contributed by atoms with Crippen molar-refractivity contribution in [2.45, 2.75) is 44.0 Å². The van der Waals surface area contributed by atoms with Gasteiger partial charge in [-0.3, -0.25) is 15.0 Å². The first-order valence-electron chi connectivity index (χ1n) is 6.31. The Labute approximate surface area is 120 Å². The molecule has 0 aromatic carbocycles. The van der Waals surface area contributed by atoms with Crippen molar-refractivity contribution in [3.63, 3.8) is 0 Å². The van der Waals surface area contributed by atoms with Gasteiger partial charge in [0, 0.05) is 24.3 Å². The third-order valence-corrected chi connectivity index (χ3v) is 3.27. The number of fused-ring (bicyclic) bond motifs is 1. The first kappa shape index (κ1) is 16.3. The second-order valence-electron chi connectivity index (χ2n) is 3.70. The summed E-state index contributed by atoms with van der Waals surface area (Å²) in [6.07, 6.45) is 1.94. The maximum Gasteiger partial charge on any atom is 0.296 e. The Kier molecular flexibility index (Phi) is 6.32. The maximum atomic E-state index is 12.0. The van der Waals surface area contributed by atoms with E-state index in [1.165, 1.54) is 16.4 Å². The summed E-state index contributed by atoms with van der Waals surface area (Å²) in [4.78, 5) is 23.0. The lowest BCUT2D eigenvalue weighted by atomic mass is 10.2. The number of nitrogens with one attached hydrogen (secondary N) is 1. The standard InChI is InChI=1S/C9H12N6O2S.C2H6/c1-5-4-11-15-8(17)6(2-3-7(16)12-10)13-14-9(15)18-5;1-2/h4-5H,2-3,10H2,1H3,(H,12,16);1-2H3. The average Bonchev–Trinajstić information content (AvgIpc) is 2.48. The molecule has 1 atom stereocenters. The van der Waals surface area contributed by atoms with Crippen LogP contribution in [-0.4, -0.2) is 32.2 Å². The Morgan fingerprint density at radius 2 is 2.20 bits per heavy atom. The van der Waals surface area contributed by atoms with Gasteiger partial charge in [0.05, 0.1) is 0 Å². The SMILES string of the molecule is CC.CC1C=Nn2c(nnc(CCC(=O)NN)c2=O)S1. The Morgan fingerprint density at radius 1 is 1.50 bits per heavy atom. The largest absolute Gasteiger partial charge is 0.296 e. The zero-order valence-electron chi connectivity index (χ0n) is 11.7. The molecule has 8 nitrogen and oxygen atoms in total. The molecule has 0 bridgehead atoms. The van der Waals surface area contributed by atoms with Crippen LogP contribution in [0.5, 0.6) is 0 Å². The molecule has 1 aliphatic rings. The first-order chi connectivity index (χ1) is 9.61. The zero-order chi connectivity index (χ0) is 15.1. The van der Waals surface area contributed by atoms with Gasteiger partial charge in [-0.25, -0.2) is 5.84 Å². The zero-order valence-corrected chi connectivity index (χ0v) is 12.5. The van der Waals surface area contributed by atoms with Gasteiger partial charge in [0.1, 0.15) is 5.69 Å². The summed E-state index contributed by atoms with van der Waals surface area (Å²) in [6, 6.07) is 0. The number of aryl methyl sites for hydroxylation is 1. The summed E-state index contributed by atoms with van der Waals surface area (Å²) < 4.78 is 1.20. The highest BCUT2D eigenvalue weighted by Gasteiger charge is 2.18. The maximum absolute atomic E-state index is 12.0. The molecule has 1 aliphatic heterocycles. The van der Waals surface area contributed by atoms with Gasteiger partial charge in [-0.1, -0.05) is 25.6 Å². The molecule has 0 radical (unpaired) electrons. The highest BCUT2D eigenvalue weighted by atomic mass is 32.2. The number of hydrogen-bond acceptors (Lipinski definition) is 7. The molecule has 0 fully saturated rings. The van der Waals surface area contributed by atoms with Crippen molar-refractivity contribution in [2.75, 3.05) is 0 Å². The quantitative estimate of drug-likeness (QED) is 0.458. The topological polar surface area (TPSA) is 115 Å². The van der Waals surface area contributed by atoms with Gasteiger partial charge in [-0.15, -0.1) is 10.2 Å². The van der Waals surface area contributed by atoms with Crippen molar-refractivity contribution in [1.82, 2.24) is 20.3 Å². The van der Waals surface area contributed by atoms with Crippen LogP contribution in [-0.2, 0) is 11.2 Å². The van der Waals surface area contributed by atoms with Crippen LogP contribution in [0.3, 0.4) is 0 Å². The fraction of sp³-hybridized carbons (Fsp3) is 0.545. The molecule has 0 spiro atoms. The van der Waals surface area contributed by atoms with Gasteiger partial charge >= 0.3 is 0 Å². The number of carbonyl (C=O) groups is 1. The van der Waals surface area contributed by atoms with Crippen molar-refractivity contribution in [3.05, 3.63) is 16.0 Å². The molecule has 3 N–H and O–H groups in total. The van der Waals surface area contributed by atoms with Crippen LogP contribution in [0.15, 0.2) is 15.1 Å². The number of hydrazine groups is 1. The molecule has 9 heteroatoms. The van der Waals surface area contributed by atoms with E-state index in [2.05, 4.69) is 15.3 Å². The average molecular weight is 298 g/mol. The number of thioether (sulfide) groups is 1. The van der Waals surface area contributed by atoms with E-state index in [-0.39, 0.29) is 35.3 Å². The molecular formula is C11H18N6O2S. The van der Waals surface area contributed by atoms with Crippen LogP contribution in [0.25, 0.3) is 0 Å². The Hall–Kier alpha value is -1.74. The number of aromatic nitrogens is 3. The van der Waals surface area contributed by atoms with E-state index in [0.717, 1.165) is 0 Å². The summed E-state index contributed by atoms with van der Waals surface area (Å²) >= 11 is 1.40. The lowest BCUT2D eigenvalue weighted by Crippen LogP contribution is -2.32. The highest BCUT2D eigenvalue weighted by molar-refractivity contribution is 8.00. The molecule has 1 unspecified atom stereocenters. The van der Waals surface area contributed by atoms with E-state index in [1.54, 1.807) is 6.21 Å². The van der Waals surface area contributed by atoms with E-state index in [1.807, 2.05) is 26.2 Å². The summed E-state index contributed by atoms with van der Waals surface area (Å²) in [5, 5.41) is 12.4. The van der Waals surface area contributed by atoms with Crippen LogP contribution >= 0.6 is 11.8 Å². The smallest absolute Gasteiger partial charge is 0.294 e. The molecule has 1 aromatic heterocycles. The van der Waals surface area contributed by atoms with E-state index in [0.29, 0.717) is 5.16 Å². The second-order valence-corrected chi connectivity index (χ2v) is 5.05. The van der Waals surface area contributed by atoms with Crippen molar-refractivity contribution in [2.24, 2.45) is 10.9 Å². The van der Waals surface area contributed by atoms with Crippen LogP contribution in [0.4, 0.5) is 0 Å². The molecule has 0 saturated carbocycles. The summed E-state index contributed by atoms with van der Waals surface area (Å²) in [6.45, 7) is 5.95. The molecule has 0 saturated heterocycles. The van der Waals surface area contributed by atoms with E-state index in [9.17, 15) is 9.59 Å². The Balaban J connectivity index is 0.000000956. The third-order valence-electron chi connectivity index (χ3n) is 2.31. The second kappa shape index (κ2) is 7.75. The van der Waals surface area contributed by atoms with Crippen LogP contribution in [0.1, 0.15) is 32.9 Å². The fourth-order valence-electron chi connectivity index (χ4n) is 1.39. The predicted octanol–water partition coefficient (Wildman–Crippen LogP) is -0.0849. The number of rotatable bonds is 3. The van der Waals surface area contributed by atoms with Gasteiger partial charge in [0.25, 0.3) is 5.56 Å². The van der Waals surface area contributed by atoms with Crippen LogP contribution in [0, 0.1) is 0 Å². The lowest BCUT2D eigenvalue weighted by molar-refractivity contribution is -0.121. The van der Waals surface area contributed by atoms with Crippen molar-refractivity contribution < 1.29 is 4.79 Å². The summed E-state index contributed by atoms with van der Waals surface area (Å²) in [5.74, 6) is 4.60. The van der Waals surface area contributed by atoms with Crippen molar-refractivity contribution in [3.8, 4) is 0 Å². The highest BCUT2D eigenvalue weighted by Crippen LogP contribution is 2.21. The number of amides is 1. The monoisotopic (exact) mass is 298 g/mol. The molecule has 0 aliphatic carbocycles. The number of nitrogens with zero attached hydrogens (tertiary/aromatic N) is 4. The van der Waals surface area contributed by atoms with Gasteiger partial charge < -0.3 is 0 Å². The minimum Gasteiger partial charge on any atom is -0.294 e. The minimum absolute atomic E-state index is 0.0903. The van der Waals surface area contributed by atoms with Crippen LogP contribution in [0.2, 0.25) is 0 Å². The molecule has 1 aromatic rings. The number of hydrogen-bond donors (Lipinski definition) is 2. The van der Waals surface area contributed by atoms with Crippen LogP contribution < -0.4 is 16.8 Å². The Bertz CT molecular complexity index is 556. The summed E-state index contributed by atoms with van der Waals surface area (Å²) in [5.41, 5.74) is 1.85. The molecule has 110 valence electrons. The normalized spacial score (nSPS) is 15.9. The Morgan fingerprint density at radius 3 is 2.85 bits per heavy atom. The molecule has 2 heterocycles. The van der Waals surface area contributed by atoms with Gasteiger partial charge in [0.15, 0.2) is 0 Å². The molecule has 2 rings (SSSR count). The van der Waals surface area contributed by atoms with Crippen molar-refractivity contribution >= 4 is 23.9 Å². The van der Waals surface area contributed by atoms with Crippen molar-refractivity contribution in [1.29, 1.82) is 0 Å². The van der Waals surface area contributed by atoms with E-state index < -0.39 is 0 Å². The fourth-order valence-corrected chi connectivity index (χ4v) is 2.16. The molecule has 20 heavy (non-hydrogen) atoms. The van der Waals surface area contributed by atoms with Gasteiger partial charge in [0.2, 0.25) is 11.1 Å². The molecular weight excluding hydrogens is 280 g/mol. The first-order valence-corrected chi connectivity index (χ1v) is 7.19. The van der Waals surface area contributed by atoms with Gasteiger partial charge in [-0.2, -0.15) is 9.78 Å². The predicted molar refractivity (Wildman–Crippen MR) is 77.5 cm³/mol. The van der Waals surface area contributed by atoms with E-state index >= 15 is 0 Å². The summed E-state index contributed by atoms with van der Waals surface area (Å²) in [7, 11) is 0. The van der Waals surface area contributed by atoms with E-state index in [4.69, 9.17) is 5.84 Å². The lowest BCUT2D eigenvalue weighted by Gasteiger charge is -2.13. The number of carbonyl (C=O) groups excluding carboxylic acids is 1. The molecule has 1 amide bonds. The third kappa shape index (κ3) is 3.87. The minimum atomic E-state index is -0.356. The number of nitrogens with two attached hydrogens (primary N) is 1.